The van der Waals surface area contributed by atoms with Crippen LogP contribution in [0, 0.1) is 0 Å². The Balaban J connectivity index is 1.70. The molecule has 0 aliphatic carbocycles. The molecule has 0 saturated carbocycles. The van der Waals surface area contributed by atoms with Crippen LogP contribution in [0.4, 0.5) is 4.79 Å². The standard InChI is InChI=1S/C24H24Cl2N4O6/c1-4-35-23(32)20-13(2)28-24(33)29-22(20)14-8-9-17(18(10-14)34-3)36-12-19(31)30-27-11-15-6-5-7-16(25)21(15)26/h5-11,22H,4,12H2,1-3H3,(H,30,31)(H2,28,29,33)/b27-11+/t22-/m1/s1. The predicted molar refractivity (Wildman–Crippen MR) is 134 cm³/mol. The minimum Gasteiger partial charge on any atom is -0.493 e. The van der Waals surface area contributed by atoms with E-state index in [1.807, 2.05) is 0 Å². The number of hydrogen-bond acceptors (Lipinski definition) is 7. The molecule has 3 amide bonds. The fourth-order valence-electron chi connectivity index (χ4n) is 3.38. The van der Waals surface area contributed by atoms with Crippen molar-refractivity contribution in [2.45, 2.75) is 19.9 Å². The van der Waals surface area contributed by atoms with E-state index in [4.69, 9.17) is 37.4 Å². The number of halogens is 2. The molecule has 0 aromatic heterocycles. The molecule has 3 rings (SSSR count). The van der Waals surface area contributed by atoms with E-state index in [0.717, 1.165) is 0 Å². The molecule has 1 atom stereocenters. The van der Waals surface area contributed by atoms with Crippen LogP contribution in [0.15, 0.2) is 52.8 Å². The van der Waals surface area contributed by atoms with E-state index in [2.05, 4.69) is 21.2 Å². The number of urea groups is 1. The van der Waals surface area contributed by atoms with Crippen LogP contribution in [-0.2, 0) is 14.3 Å². The molecule has 1 aliphatic heterocycles. The number of ether oxygens (including phenoxy) is 3. The second-order valence-electron chi connectivity index (χ2n) is 7.43. The maximum atomic E-state index is 12.5. The van der Waals surface area contributed by atoms with E-state index in [0.29, 0.717) is 32.6 Å². The van der Waals surface area contributed by atoms with Crippen molar-refractivity contribution in [2.75, 3.05) is 20.3 Å². The lowest BCUT2D eigenvalue weighted by molar-refractivity contribution is -0.139. The molecule has 10 nitrogen and oxygen atoms in total. The van der Waals surface area contributed by atoms with E-state index < -0.39 is 23.9 Å². The summed E-state index contributed by atoms with van der Waals surface area (Å²) in [6, 6.07) is 8.65. The molecule has 0 bridgehead atoms. The van der Waals surface area contributed by atoms with Crippen molar-refractivity contribution in [1.82, 2.24) is 16.1 Å². The van der Waals surface area contributed by atoms with Gasteiger partial charge in [0.1, 0.15) is 0 Å². The maximum absolute atomic E-state index is 12.5. The smallest absolute Gasteiger partial charge is 0.338 e. The summed E-state index contributed by atoms with van der Waals surface area (Å²) in [5.41, 5.74) is 4.09. The van der Waals surface area contributed by atoms with Crippen molar-refractivity contribution in [3.63, 3.8) is 0 Å². The van der Waals surface area contributed by atoms with Crippen molar-refractivity contribution in [1.29, 1.82) is 0 Å². The van der Waals surface area contributed by atoms with E-state index in [1.165, 1.54) is 13.3 Å². The zero-order valence-electron chi connectivity index (χ0n) is 19.7. The summed E-state index contributed by atoms with van der Waals surface area (Å²) in [5, 5.41) is 9.83. The first kappa shape index (κ1) is 26.8. The highest BCUT2D eigenvalue weighted by atomic mass is 35.5. The highest BCUT2D eigenvalue weighted by Crippen LogP contribution is 2.34. The number of allylic oxidation sites excluding steroid dienone is 1. The van der Waals surface area contributed by atoms with Gasteiger partial charge >= 0.3 is 12.0 Å². The number of benzene rings is 2. The Labute approximate surface area is 217 Å². The average molecular weight is 535 g/mol. The lowest BCUT2D eigenvalue weighted by atomic mass is 9.95. The number of rotatable bonds is 9. The number of esters is 1. The fourth-order valence-corrected chi connectivity index (χ4v) is 3.73. The first-order valence-electron chi connectivity index (χ1n) is 10.8. The molecule has 2 aromatic carbocycles. The number of methoxy groups -OCH3 is 1. The molecule has 0 unspecified atom stereocenters. The van der Waals surface area contributed by atoms with Crippen LogP contribution in [0.2, 0.25) is 10.0 Å². The van der Waals surface area contributed by atoms with Gasteiger partial charge < -0.3 is 24.8 Å². The van der Waals surface area contributed by atoms with Gasteiger partial charge in [0.2, 0.25) is 0 Å². The second kappa shape index (κ2) is 12.3. The van der Waals surface area contributed by atoms with Gasteiger partial charge in [-0.25, -0.2) is 15.0 Å². The van der Waals surface area contributed by atoms with Crippen LogP contribution in [0.5, 0.6) is 11.5 Å². The Morgan fingerprint density at radius 3 is 2.69 bits per heavy atom. The minimum absolute atomic E-state index is 0.185. The predicted octanol–water partition coefficient (Wildman–Crippen LogP) is 3.72. The lowest BCUT2D eigenvalue weighted by Gasteiger charge is -2.28. The Morgan fingerprint density at radius 2 is 1.97 bits per heavy atom. The van der Waals surface area contributed by atoms with Crippen molar-refractivity contribution in [2.24, 2.45) is 5.10 Å². The molecule has 2 aromatic rings. The van der Waals surface area contributed by atoms with E-state index >= 15 is 0 Å². The summed E-state index contributed by atoms with van der Waals surface area (Å²) in [6.45, 7) is 3.15. The van der Waals surface area contributed by atoms with E-state index in [-0.39, 0.29) is 24.5 Å². The Kier molecular flexibility index (Phi) is 9.15. The number of carbonyl (C=O) groups excluding carboxylic acids is 3. The second-order valence-corrected chi connectivity index (χ2v) is 8.21. The average Bonchev–Trinajstić information content (AvgIpc) is 2.84. The van der Waals surface area contributed by atoms with Crippen LogP contribution in [0.25, 0.3) is 0 Å². The first-order chi connectivity index (χ1) is 17.2. The molecule has 190 valence electrons. The number of hydrogen-bond donors (Lipinski definition) is 3. The third kappa shape index (κ3) is 6.46. The number of carbonyl (C=O) groups is 3. The molecular formula is C24H24Cl2N4O6. The van der Waals surface area contributed by atoms with Crippen molar-refractivity contribution < 1.29 is 28.6 Å². The molecular weight excluding hydrogens is 511 g/mol. The summed E-state index contributed by atoms with van der Waals surface area (Å²) < 4.78 is 16.1. The van der Waals surface area contributed by atoms with Gasteiger partial charge in [0.25, 0.3) is 5.91 Å². The van der Waals surface area contributed by atoms with Crippen LogP contribution >= 0.6 is 23.2 Å². The molecule has 0 radical (unpaired) electrons. The summed E-state index contributed by atoms with van der Waals surface area (Å²) >= 11 is 12.0. The molecule has 3 N–H and O–H groups in total. The molecule has 0 saturated heterocycles. The van der Waals surface area contributed by atoms with Gasteiger partial charge in [0.05, 0.1) is 41.6 Å². The Bertz CT molecular complexity index is 1230. The number of nitrogens with zero attached hydrogens (tertiary/aromatic N) is 1. The zero-order chi connectivity index (χ0) is 26.2. The van der Waals surface area contributed by atoms with Crippen LogP contribution in [-0.4, -0.2) is 44.4 Å². The molecule has 12 heteroatoms. The summed E-state index contributed by atoms with van der Waals surface area (Å²) in [4.78, 5) is 36.7. The molecule has 36 heavy (non-hydrogen) atoms. The van der Waals surface area contributed by atoms with Gasteiger partial charge in [-0.2, -0.15) is 5.10 Å². The summed E-state index contributed by atoms with van der Waals surface area (Å²) in [6.07, 6.45) is 1.37. The number of nitrogens with one attached hydrogen (secondary N) is 3. The van der Waals surface area contributed by atoms with Gasteiger partial charge in [-0.05, 0) is 37.6 Å². The van der Waals surface area contributed by atoms with Crippen LogP contribution < -0.4 is 25.5 Å². The number of amides is 3. The maximum Gasteiger partial charge on any atom is 0.338 e. The summed E-state index contributed by atoms with van der Waals surface area (Å²) in [5.74, 6) is -0.507. The first-order valence-corrected chi connectivity index (χ1v) is 11.5. The monoisotopic (exact) mass is 534 g/mol. The van der Waals surface area contributed by atoms with Gasteiger partial charge in [-0.15, -0.1) is 0 Å². The van der Waals surface area contributed by atoms with E-state index in [9.17, 15) is 14.4 Å². The molecule has 0 fully saturated rings. The Hall–Kier alpha value is -3.76. The largest absolute Gasteiger partial charge is 0.493 e. The Morgan fingerprint density at radius 1 is 1.19 bits per heavy atom. The van der Waals surface area contributed by atoms with Crippen molar-refractivity contribution in [3.05, 3.63) is 68.8 Å². The van der Waals surface area contributed by atoms with Gasteiger partial charge in [0.15, 0.2) is 18.1 Å². The minimum atomic E-state index is -0.767. The van der Waals surface area contributed by atoms with Gasteiger partial charge in [-0.1, -0.05) is 41.4 Å². The third-order valence-electron chi connectivity index (χ3n) is 5.02. The summed E-state index contributed by atoms with van der Waals surface area (Å²) in [7, 11) is 1.43. The highest BCUT2D eigenvalue weighted by Gasteiger charge is 2.32. The van der Waals surface area contributed by atoms with Gasteiger partial charge in [-0.3, -0.25) is 4.79 Å². The number of hydrazone groups is 1. The SMILES string of the molecule is CCOC(=O)C1=C(C)NC(=O)N[C@@H]1c1ccc(OCC(=O)N/N=C/c2cccc(Cl)c2Cl)c(OC)c1. The normalized spacial score (nSPS) is 15.2. The quantitative estimate of drug-likeness (QED) is 0.255. The van der Waals surface area contributed by atoms with Crippen LogP contribution in [0.1, 0.15) is 31.0 Å². The molecule has 1 heterocycles. The van der Waals surface area contributed by atoms with Gasteiger partial charge in [0, 0.05) is 11.3 Å². The lowest BCUT2D eigenvalue weighted by Crippen LogP contribution is -2.45. The fraction of sp³-hybridized carbons (Fsp3) is 0.250. The molecule has 1 aliphatic rings. The van der Waals surface area contributed by atoms with E-state index in [1.54, 1.807) is 50.2 Å². The van der Waals surface area contributed by atoms with Crippen molar-refractivity contribution in [3.8, 4) is 11.5 Å². The third-order valence-corrected chi connectivity index (χ3v) is 5.85. The molecule has 0 spiro atoms. The highest BCUT2D eigenvalue weighted by molar-refractivity contribution is 6.43. The van der Waals surface area contributed by atoms with Crippen LogP contribution in [0.3, 0.4) is 0 Å². The zero-order valence-corrected chi connectivity index (χ0v) is 21.2. The topological polar surface area (TPSA) is 127 Å². The van der Waals surface area contributed by atoms with Crippen molar-refractivity contribution >= 4 is 47.3 Å².